The summed E-state index contributed by atoms with van der Waals surface area (Å²) in [6.07, 6.45) is 4.30. The number of pyridine rings is 1. The smallest absolute Gasteiger partial charge is 0.162 e. The van der Waals surface area contributed by atoms with Crippen molar-refractivity contribution in [2.24, 2.45) is 11.1 Å². The molecule has 32 heavy (non-hydrogen) atoms. The molecule has 0 aliphatic heterocycles. The maximum Gasteiger partial charge on any atom is 0.162 e. The van der Waals surface area contributed by atoms with Gasteiger partial charge in [0.15, 0.2) is 5.82 Å². The summed E-state index contributed by atoms with van der Waals surface area (Å²) in [4.78, 5) is 13.8. The molecular formula is C26H27N5S. The van der Waals surface area contributed by atoms with Gasteiger partial charge in [0.05, 0.1) is 10.3 Å². The average molecular weight is 442 g/mol. The summed E-state index contributed by atoms with van der Waals surface area (Å²) in [6.45, 7) is 6.92. The van der Waals surface area contributed by atoms with E-state index in [4.69, 9.17) is 15.7 Å². The zero-order valence-corrected chi connectivity index (χ0v) is 19.4. The van der Waals surface area contributed by atoms with Gasteiger partial charge in [-0.25, -0.2) is 9.97 Å². The number of nitrogens with one attached hydrogen (secondary N) is 1. The number of fused-ring (bicyclic) bond motifs is 1. The molecule has 0 saturated carbocycles. The van der Waals surface area contributed by atoms with E-state index in [9.17, 15) is 0 Å². The van der Waals surface area contributed by atoms with Crippen LogP contribution < -0.4 is 11.1 Å². The van der Waals surface area contributed by atoms with E-state index in [2.05, 4.69) is 60.4 Å². The second-order valence-corrected chi connectivity index (χ2v) is 9.67. The Hall–Kier alpha value is -3.27. The maximum absolute atomic E-state index is 6.41. The minimum Gasteiger partial charge on any atom is -0.367 e. The van der Waals surface area contributed by atoms with Crippen molar-refractivity contribution in [3.05, 3.63) is 71.4 Å². The summed E-state index contributed by atoms with van der Waals surface area (Å²) < 4.78 is 0.993. The van der Waals surface area contributed by atoms with Gasteiger partial charge < -0.3 is 11.1 Å². The fraction of sp³-hybridized carbons (Fsp3) is 0.269. The first-order valence-corrected chi connectivity index (χ1v) is 11.5. The minimum absolute atomic E-state index is 0.0353. The van der Waals surface area contributed by atoms with Crippen LogP contribution in [0.1, 0.15) is 31.9 Å². The molecule has 162 valence electrons. The number of nitrogens with two attached hydrogens (primary N) is 1. The van der Waals surface area contributed by atoms with Gasteiger partial charge in [0, 0.05) is 41.3 Å². The van der Waals surface area contributed by atoms with E-state index >= 15 is 0 Å². The number of rotatable bonds is 6. The number of benzene rings is 1. The van der Waals surface area contributed by atoms with Gasteiger partial charge in [0.25, 0.3) is 0 Å². The number of hydrogen-bond acceptors (Lipinski definition) is 6. The van der Waals surface area contributed by atoms with Crippen LogP contribution in [0.4, 0.5) is 5.82 Å². The third-order valence-electron chi connectivity index (χ3n) is 4.80. The van der Waals surface area contributed by atoms with Crippen molar-refractivity contribution in [3.8, 4) is 23.2 Å². The lowest BCUT2D eigenvalue weighted by Gasteiger charge is -2.14. The molecule has 4 rings (SSSR count). The Kier molecular flexibility index (Phi) is 6.50. The van der Waals surface area contributed by atoms with Crippen LogP contribution in [0.2, 0.25) is 0 Å². The van der Waals surface area contributed by atoms with Gasteiger partial charge in [-0.3, -0.25) is 4.98 Å². The van der Waals surface area contributed by atoms with Crippen LogP contribution in [0.15, 0.2) is 60.2 Å². The topological polar surface area (TPSA) is 76.7 Å². The molecule has 0 unspecified atom stereocenters. The first kappa shape index (κ1) is 21.9. The largest absolute Gasteiger partial charge is 0.367 e. The van der Waals surface area contributed by atoms with E-state index < -0.39 is 0 Å². The standard InChI is InChI=1S/C26H27N5S/c1-26(2,3)12-9-20-17-32-23-22(20)30-24(19-10-13-28-14-11-19)31-25(23)29-16-21(27)15-18-7-5-4-6-8-18/h4-8,10-11,13-14,17,21H,15-16,27H2,1-3H3,(H,29,30,31)/t21-/m0/s1. The SMILES string of the molecule is CC(C)(C)C#Cc1csc2c(NC[C@@H](N)Cc3ccccc3)nc(-c3ccncc3)nc12. The molecule has 0 aliphatic rings. The van der Waals surface area contributed by atoms with Crippen LogP contribution in [-0.4, -0.2) is 27.5 Å². The Balaban J connectivity index is 1.67. The van der Waals surface area contributed by atoms with Gasteiger partial charge in [0.1, 0.15) is 11.3 Å². The molecule has 0 radical (unpaired) electrons. The lowest BCUT2D eigenvalue weighted by atomic mass is 9.97. The highest BCUT2D eigenvalue weighted by Crippen LogP contribution is 2.32. The number of anilines is 1. The summed E-state index contributed by atoms with van der Waals surface area (Å²) in [5.41, 5.74) is 10.3. The lowest BCUT2D eigenvalue weighted by molar-refractivity contribution is 0.571. The fourth-order valence-electron chi connectivity index (χ4n) is 3.23. The van der Waals surface area contributed by atoms with Crippen LogP contribution in [-0.2, 0) is 6.42 Å². The summed E-state index contributed by atoms with van der Waals surface area (Å²) in [5.74, 6) is 8.08. The quantitative estimate of drug-likeness (QED) is 0.406. The summed E-state index contributed by atoms with van der Waals surface area (Å²) in [5, 5.41) is 5.53. The van der Waals surface area contributed by atoms with Gasteiger partial charge in [-0.15, -0.1) is 11.3 Å². The minimum atomic E-state index is -0.0828. The molecule has 0 fully saturated rings. The summed E-state index contributed by atoms with van der Waals surface area (Å²) in [6, 6.07) is 14.1. The summed E-state index contributed by atoms with van der Waals surface area (Å²) >= 11 is 1.61. The molecule has 1 atom stereocenters. The van der Waals surface area contributed by atoms with E-state index in [1.807, 2.05) is 30.3 Å². The molecule has 3 N–H and O–H groups in total. The number of aromatic nitrogens is 3. The Morgan fingerprint density at radius 2 is 1.81 bits per heavy atom. The lowest BCUT2D eigenvalue weighted by Crippen LogP contribution is -2.31. The highest BCUT2D eigenvalue weighted by atomic mass is 32.1. The third kappa shape index (κ3) is 5.50. The highest BCUT2D eigenvalue weighted by molar-refractivity contribution is 7.18. The zero-order valence-electron chi connectivity index (χ0n) is 18.6. The molecule has 4 aromatic rings. The maximum atomic E-state index is 6.41. The summed E-state index contributed by atoms with van der Waals surface area (Å²) in [7, 11) is 0. The molecule has 0 saturated heterocycles. The van der Waals surface area contributed by atoms with Crippen molar-refractivity contribution >= 4 is 27.4 Å². The molecule has 3 aromatic heterocycles. The normalized spacial score (nSPS) is 12.2. The monoisotopic (exact) mass is 441 g/mol. The van der Waals surface area contributed by atoms with Gasteiger partial charge in [0.2, 0.25) is 0 Å². The molecule has 6 heteroatoms. The predicted octanol–water partition coefficient (Wildman–Crippen LogP) is 5.13. The second kappa shape index (κ2) is 9.47. The number of nitrogens with zero attached hydrogens (tertiary/aromatic N) is 3. The van der Waals surface area contributed by atoms with E-state index in [1.165, 1.54) is 5.56 Å². The molecular weight excluding hydrogens is 414 g/mol. The van der Waals surface area contributed by atoms with Crippen molar-refractivity contribution in [1.82, 2.24) is 15.0 Å². The average Bonchev–Trinajstić information content (AvgIpc) is 3.20. The van der Waals surface area contributed by atoms with E-state index in [0.29, 0.717) is 12.4 Å². The third-order valence-corrected chi connectivity index (χ3v) is 5.77. The predicted molar refractivity (Wildman–Crippen MR) is 134 cm³/mol. The fourth-order valence-corrected chi connectivity index (χ4v) is 4.13. The highest BCUT2D eigenvalue weighted by Gasteiger charge is 2.15. The Bertz CT molecular complexity index is 1250. The van der Waals surface area contributed by atoms with Crippen molar-refractivity contribution in [2.75, 3.05) is 11.9 Å². The van der Waals surface area contributed by atoms with Crippen LogP contribution in [0.3, 0.4) is 0 Å². The molecule has 5 nitrogen and oxygen atoms in total. The van der Waals surface area contributed by atoms with Crippen molar-refractivity contribution in [2.45, 2.75) is 33.2 Å². The van der Waals surface area contributed by atoms with Crippen molar-refractivity contribution in [1.29, 1.82) is 0 Å². The molecule has 0 spiro atoms. The second-order valence-electron chi connectivity index (χ2n) is 8.79. The Labute approximate surface area is 193 Å². The Morgan fingerprint density at radius 1 is 1.06 bits per heavy atom. The molecule has 0 aliphatic carbocycles. The van der Waals surface area contributed by atoms with E-state index in [1.54, 1.807) is 23.7 Å². The van der Waals surface area contributed by atoms with Crippen LogP contribution >= 0.6 is 11.3 Å². The molecule has 3 heterocycles. The zero-order chi connectivity index (χ0) is 22.6. The molecule has 0 amide bonds. The van der Waals surface area contributed by atoms with Crippen LogP contribution in [0.5, 0.6) is 0 Å². The Morgan fingerprint density at radius 3 is 2.53 bits per heavy atom. The van der Waals surface area contributed by atoms with Gasteiger partial charge in [-0.1, -0.05) is 42.2 Å². The van der Waals surface area contributed by atoms with E-state index in [0.717, 1.165) is 33.6 Å². The van der Waals surface area contributed by atoms with Gasteiger partial charge in [-0.2, -0.15) is 0 Å². The number of hydrogen-bond donors (Lipinski definition) is 2. The first-order valence-electron chi connectivity index (χ1n) is 10.7. The molecule has 1 aromatic carbocycles. The van der Waals surface area contributed by atoms with E-state index in [-0.39, 0.29) is 11.5 Å². The van der Waals surface area contributed by atoms with Gasteiger partial charge in [-0.05, 0) is 44.9 Å². The van der Waals surface area contributed by atoms with Crippen molar-refractivity contribution < 1.29 is 0 Å². The first-order chi connectivity index (χ1) is 15.4. The van der Waals surface area contributed by atoms with Gasteiger partial charge >= 0.3 is 0 Å². The van der Waals surface area contributed by atoms with Crippen LogP contribution in [0, 0.1) is 17.3 Å². The number of thiophene rings is 1. The van der Waals surface area contributed by atoms with Crippen LogP contribution in [0.25, 0.3) is 21.6 Å². The van der Waals surface area contributed by atoms with Crippen molar-refractivity contribution in [3.63, 3.8) is 0 Å². The molecule has 0 bridgehead atoms.